The van der Waals surface area contributed by atoms with Crippen LogP contribution in [0.15, 0.2) is 12.4 Å². The first-order valence-corrected chi connectivity index (χ1v) is 7.24. The van der Waals surface area contributed by atoms with Gasteiger partial charge in [0.2, 0.25) is 0 Å². The van der Waals surface area contributed by atoms with E-state index in [0.717, 1.165) is 44.8 Å². The number of nitrogens with two attached hydrogens (primary N) is 1. The summed E-state index contributed by atoms with van der Waals surface area (Å²) >= 11 is 0. The molecule has 1 aromatic heterocycles. The molecule has 2 unspecified atom stereocenters. The highest BCUT2D eigenvalue weighted by molar-refractivity contribution is 4.96. The van der Waals surface area contributed by atoms with Crippen LogP contribution >= 0.6 is 0 Å². The molecule has 0 spiro atoms. The van der Waals surface area contributed by atoms with Crippen LogP contribution in [0.5, 0.6) is 0 Å². The Balaban J connectivity index is 1.88. The van der Waals surface area contributed by atoms with Crippen LogP contribution in [0.3, 0.4) is 0 Å². The van der Waals surface area contributed by atoms with Crippen LogP contribution < -0.4 is 5.73 Å². The molecular formula is C14H27N5. The molecule has 1 fully saturated rings. The van der Waals surface area contributed by atoms with E-state index in [-0.39, 0.29) is 6.04 Å². The van der Waals surface area contributed by atoms with E-state index < -0.39 is 0 Å². The summed E-state index contributed by atoms with van der Waals surface area (Å²) < 4.78 is 2.18. The standard InChI is InChI=1S/C14H27N5/c1-4-19-6-5-16-14(19)10-12(15)9-13-11-17(2)7-8-18(13)3/h5-6,12-13H,4,7-11,15H2,1-3H3. The van der Waals surface area contributed by atoms with Gasteiger partial charge in [-0.3, -0.25) is 0 Å². The van der Waals surface area contributed by atoms with Crippen molar-refractivity contribution in [1.29, 1.82) is 0 Å². The minimum Gasteiger partial charge on any atom is -0.335 e. The zero-order valence-electron chi connectivity index (χ0n) is 12.4. The molecule has 2 heterocycles. The molecular weight excluding hydrogens is 238 g/mol. The Bertz CT molecular complexity index is 389. The van der Waals surface area contributed by atoms with E-state index in [2.05, 4.69) is 40.4 Å². The second kappa shape index (κ2) is 6.50. The molecule has 19 heavy (non-hydrogen) atoms. The van der Waals surface area contributed by atoms with Crippen molar-refractivity contribution in [3.8, 4) is 0 Å². The average Bonchev–Trinajstić information content (AvgIpc) is 2.81. The van der Waals surface area contributed by atoms with Crippen LogP contribution in [-0.4, -0.2) is 65.2 Å². The summed E-state index contributed by atoms with van der Waals surface area (Å²) in [7, 11) is 4.40. The van der Waals surface area contributed by atoms with Gasteiger partial charge in [-0.1, -0.05) is 0 Å². The van der Waals surface area contributed by atoms with Gasteiger partial charge in [-0.25, -0.2) is 4.98 Å². The minimum absolute atomic E-state index is 0.187. The van der Waals surface area contributed by atoms with Gasteiger partial charge >= 0.3 is 0 Å². The van der Waals surface area contributed by atoms with Gasteiger partial charge in [0.1, 0.15) is 5.82 Å². The van der Waals surface area contributed by atoms with Crippen molar-refractivity contribution in [3.63, 3.8) is 0 Å². The molecule has 0 radical (unpaired) electrons. The molecule has 1 aliphatic heterocycles. The molecule has 0 amide bonds. The zero-order valence-corrected chi connectivity index (χ0v) is 12.4. The number of rotatable bonds is 5. The number of aromatic nitrogens is 2. The number of aryl methyl sites for hydroxylation is 1. The predicted octanol–water partition coefficient (Wildman–Crippen LogP) is 0.409. The maximum Gasteiger partial charge on any atom is 0.110 e. The summed E-state index contributed by atoms with van der Waals surface area (Å²) in [5.74, 6) is 1.11. The Morgan fingerprint density at radius 3 is 2.95 bits per heavy atom. The van der Waals surface area contributed by atoms with Gasteiger partial charge in [0.05, 0.1) is 0 Å². The smallest absolute Gasteiger partial charge is 0.110 e. The summed E-state index contributed by atoms with van der Waals surface area (Å²) in [6, 6.07) is 0.755. The summed E-state index contributed by atoms with van der Waals surface area (Å²) in [6.07, 6.45) is 5.81. The van der Waals surface area contributed by atoms with Crippen LogP contribution in [0.1, 0.15) is 19.2 Å². The third-order valence-corrected chi connectivity index (χ3v) is 4.14. The number of piperazine rings is 1. The van der Waals surface area contributed by atoms with Crippen molar-refractivity contribution in [1.82, 2.24) is 19.4 Å². The van der Waals surface area contributed by atoms with E-state index in [0.29, 0.717) is 6.04 Å². The highest BCUT2D eigenvalue weighted by Crippen LogP contribution is 2.13. The lowest BCUT2D eigenvalue weighted by Gasteiger charge is -2.38. The molecule has 2 N–H and O–H groups in total. The predicted molar refractivity (Wildman–Crippen MR) is 78.1 cm³/mol. The van der Waals surface area contributed by atoms with E-state index >= 15 is 0 Å². The molecule has 1 aromatic rings. The fourth-order valence-corrected chi connectivity index (χ4v) is 2.84. The Kier molecular flexibility index (Phi) is 4.96. The van der Waals surface area contributed by atoms with Crippen molar-refractivity contribution < 1.29 is 0 Å². The molecule has 1 aliphatic rings. The molecule has 108 valence electrons. The largest absolute Gasteiger partial charge is 0.335 e. The zero-order chi connectivity index (χ0) is 13.8. The maximum atomic E-state index is 6.33. The van der Waals surface area contributed by atoms with Crippen LogP contribution in [0.2, 0.25) is 0 Å². The second-order valence-corrected chi connectivity index (χ2v) is 5.73. The Morgan fingerprint density at radius 2 is 2.21 bits per heavy atom. The van der Waals surface area contributed by atoms with E-state index in [1.54, 1.807) is 0 Å². The summed E-state index contributed by atoms with van der Waals surface area (Å²) in [5.41, 5.74) is 6.33. The number of nitrogens with zero attached hydrogens (tertiary/aromatic N) is 4. The number of imidazole rings is 1. The van der Waals surface area contributed by atoms with Crippen molar-refractivity contribution in [2.24, 2.45) is 5.73 Å². The number of hydrogen-bond donors (Lipinski definition) is 1. The Labute approximate surface area is 116 Å². The Morgan fingerprint density at radius 1 is 1.42 bits per heavy atom. The topological polar surface area (TPSA) is 50.3 Å². The van der Waals surface area contributed by atoms with E-state index in [1.165, 1.54) is 0 Å². The third-order valence-electron chi connectivity index (χ3n) is 4.14. The van der Waals surface area contributed by atoms with Gasteiger partial charge in [-0.05, 0) is 27.4 Å². The lowest BCUT2D eigenvalue weighted by atomic mass is 10.0. The van der Waals surface area contributed by atoms with E-state index in [9.17, 15) is 0 Å². The molecule has 1 saturated heterocycles. The van der Waals surface area contributed by atoms with Crippen molar-refractivity contribution in [2.75, 3.05) is 33.7 Å². The second-order valence-electron chi connectivity index (χ2n) is 5.73. The number of likely N-dealkylation sites (N-methyl/N-ethyl adjacent to an activating group) is 2. The summed E-state index contributed by atoms with van der Waals surface area (Å²) in [6.45, 7) is 6.51. The fourth-order valence-electron chi connectivity index (χ4n) is 2.84. The first kappa shape index (κ1) is 14.5. The molecule has 0 aromatic carbocycles. The van der Waals surface area contributed by atoms with Crippen molar-refractivity contribution >= 4 is 0 Å². The quantitative estimate of drug-likeness (QED) is 0.838. The molecule has 0 saturated carbocycles. The van der Waals surface area contributed by atoms with Crippen LogP contribution in [0.25, 0.3) is 0 Å². The van der Waals surface area contributed by atoms with Gasteiger partial charge in [0.15, 0.2) is 0 Å². The lowest BCUT2D eigenvalue weighted by molar-refractivity contribution is 0.104. The summed E-state index contributed by atoms with van der Waals surface area (Å²) in [5, 5.41) is 0. The molecule has 0 aliphatic carbocycles. The van der Waals surface area contributed by atoms with Gasteiger partial charge in [-0.2, -0.15) is 0 Å². The van der Waals surface area contributed by atoms with Crippen molar-refractivity contribution in [3.05, 3.63) is 18.2 Å². The maximum absolute atomic E-state index is 6.33. The first-order valence-electron chi connectivity index (χ1n) is 7.24. The molecule has 5 nitrogen and oxygen atoms in total. The highest BCUT2D eigenvalue weighted by atomic mass is 15.3. The fraction of sp³-hybridized carbons (Fsp3) is 0.786. The summed E-state index contributed by atoms with van der Waals surface area (Å²) in [4.78, 5) is 9.24. The lowest BCUT2D eigenvalue weighted by Crippen LogP contribution is -2.52. The third kappa shape index (κ3) is 3.78. The molecule has 0 bridgehead atoms. The minimum atomic E-state index is 0.187. The van der Waals surface area contributed by atoms with E-state index in [4.69, 9.17) is 5.73 Å². The monoisotopic (exact) mass is 265 g/mol. The average molecular weight is 265 g/mol. The number of hydrogen-bond acceptors (Lipinski definition) is 4. The molecule has 5 heteroatoms. The van der Waals surface area contributed by atoms with Crippen LogP contribution in [0, 0.1) is 0 Å². The van der Waals surface area contributed by atoms with Gasteiger partial charge in [0, 0.05) is 57.1 Å². The van der Waals surface area contributed by atoms with E-state index in [1.807, 2.05) is 12.4 Å². The van der Waals surface area contributed by atoms with Gasteiger partial charge in [-0.15, -0.1) is 0 Å². The SMILES string of the molecule is CCn1ccnc1CC(N)CC1CN(C)CCN1C. The Hall–Kier alpha value is -0.910. The first-order chi connectivity index (χ1) is 9.10. The van der Waals surface area contributed by atoms with Gasteiger partial charge < -0.3 is 20.1 Å². The molecule has 2 atom stereocenters. The van der Waals surface area contributed by atoms with Crippen molar-refractivity contribution in [2.45, 2.75) is 38.4 Å². The normalized spacial score (nSPS) is 23.7. The van der Waals surface area contributed by atoms with Crippen LogP contribution in [0.4, 0.5) is 0 Å². The van der Waals surface area contributed by atoms with Crippen LogP contribution in [-0.2, 0) is 13.0 Å². The molecule has 2 rings (SSSR count). The van der Waals surface area contributed by atoms with Gasteiger partial charge in [0.25, 0.3) is 0 Å². The highest BCUT2D eigenvalue weighted by Gasteiger charge is 2.24.